The van der Waals surface area contributed by atoms with E-state index in [2.05, 4.69) is 10.2 Å². The summed E-state index contributed by atoms with van der Waals surface area (Å²) in [5.41, 5.74) is 0.644. The van der Waals surface area contributed by atoms with Crippen molar-refractivity contribution in [2.45, 2.75) is 6.42 Å². The molecule has 0 saturated heterocycles. The van der Waals surface area contributed by atoms with Crippen LogP contribution in [0.15, 0.2) is 17.1 Å². The van der Waals surface area contributed by atoms with Crippen molar-refractivity contribution < 1.29 is 4.74 Å². The third kappa shape index (κ3) is 3.18. The number of aromatic nitrogens is 2. The molecule has 0 spiro atoms. The molecule has 1 heterocycles. The second kappa shape index (κ2) is 5.39. The van der Waals surface area contributed by atoms with Crippen LogP contribution < -0.4 is 10.5 Å². The zero-order valence-corrected chi connectivity index (χ0v) is 8.49. The van der Waals surface area contributed by atoms with Crippen LogP contribution in [0, 0.1) is 0 Å². The molecule has 0 bridgehead atoms. The summed E-state index contributed by atoms with van der Waals surface area (Å²) in [4.78, 5) is 12.9. The van der Waals surface area contributed by atoms with Crippen LogP contribution in [0.4, 0.5) is 5.69 Å². The van der Waals surface area contributed by atoms with Crippen molar-refractivity contribution in [3.63, 3.8) is 0 Å². The van der Waals surface area contributed by atoms with Crippen LogP contribution in [0.25, 0.3) is 0 Å². The summed E-state index contributed by atoms with van der Waals surface area (Å²) in [7, 11) is 3.60. The Morgan fingerprint density at radius 3 is 3.07 bits per heavy atom. The standard InChI is InChI=1S/C9H15N3O2/c1-12(4-3-5-14-2)8-6-9(13)11-10-7-8/h6-7H,3-5H2,1-2H3,(H,11,13). The fraction of sp³-hybridized carbons (Fsp3) is 0.556. The minimum atomic E-state index is -0.180. The van der Waals surface area contributed by atoms with Gasteiger partial charge in [0.25, 0.3) is 5.56 Å². The van der Waals surface area contributed by atoms with E-state index in [0.29, 0.717) is 0 Å². The average Bonchev–Trinajstić information content (AvgIpc) is 2.18. The van der Waals surface area contributed by atoms with Gasteiger partial charge in [0.15, 0.2) is 0 Å². The Morgan fingerprint density at radius 2 is 2.43 bits per heavy atom. The molecule has 1 aromatic heterocycles. The normalized spacial score (nSPS) is 10.1. The second-order valence-corrected chi connectivity index (χ2v) is 3.07. The molecule has 14 heavy (non-hydrogen) atoms. The predicted molar refractivity (Wildman–Crippen MR) is 54.6 cm³/mol. The summed E-state index contributed by atoms with van der Waals surface area (Å²) >= 11 is 0. The number of aromatic amines is 1. The first-order valence-corrected chi connectivity index (χ1v) is 4.49. The third-order valence-corrected chi connectivity index (χ3v) is 1.93. The van der Waals surface area contributed by atoms with Gasteiger partial charge in [0.1, 0.15) is 0 Å². The summed E-state index contributed by atoms with van der Waals surface area (Å²) in [6.07, 6.45) is 2.56. The van der Waals surface area contributed by atoms with Gasteiger partial charge in [0.05, 0.1) is 11.9 Å². The molecule has 0 saturated carbocycles. The van der Waals surface area contributed by atoms with Crippen LogP contribution in [0.5, 0.6) is 0 Å². The molecule has 0 amide bonds. The third-order valence-electron chi connectivity index (χ3n) is 1.93. The van der Waals surface area contributed by atoms with E-state index in [1.165, 1.54) is 6.07 Å². The Balaban J connectivity index is 2.51. The monoisotopic (exact) mass is 197 g/mol. The highest BCUT2D eigenvalue weighted by Crippen LogP contribution is 2.06. The lowest BCUT2D eigenvalue weighted by Crippen LogP contribution is -2.22. The van der Waals surface area contributed by atoms with Crippen LogP contribution in [-0.2, 0) is 4.74 Å². The molecule has 0 aromatic carbocycles. The number of nitrogens with zero attached hydrogens (tertiary/aromatic N) is 2. The Bertz CT molecular complexity index is 324. The van der Waals surface area contributed by atoms with Gasteiger partial charge in [-0.15, -0.1) is 0 Å². The number of hydrogen-bond acceptors (Lipinski definition) is 4. The Kier molecular flexibility index (Phi) is 4.12. The molecule has 1 aromatic rings. The molecule has 0 aliphatic rings. The van der Waals surface area contributed by atoms with Gasteiger partial charge < -0.3 is 9.64 Å². The number of ether oxygens (including phenoxy) is 1. The molecular formula is C9H15N3O2. The summed E-state index contributed by atoms with van der Waals surface area (Å²) in [6, 6.07) is 1.53. The maximum atomic E-state index is 11.0. The molecule has 0 unspecified atom stereocenters. The summed E-state index contributed by atoms with van der Waals surface area (Å²) in [6.45, 7) is 1.57. The van der Waals surface area contributed by atoms with E-state index in [-0.39, 0.29) is 5.56 Å². The highest BCUT2D eigenvalue weighted by molar-refractivity contribution is 5.41. The lowest BCUT2D eigenvalue weighted by molar-refractivity contribution is 0.196. The number of H-pyrrole nitrogens is 1. The zero-order chi connectivity index (χ0) is 10.4. The number of methoxy groups -OCH3 is 1. The first-order chi connectivity index (χ1) is 6.74. The first kappa shape index (κ1) is 10.7. The van der Waals surface area contributed by atoms with Gasteiger partial charge in [0, 0.05) is 33.4 Å². The van der Waals surface area contributed by atoms with E-state index < -0.39 is 0 Å². The van der Waals surface area contributed by atoms with Crippen molar-refractivity contribution in [2.75, 3.05) is 32.2 Å². The van der Waals surface area contributed by atoms with Gasteiger partial charge in [-0.05, 0) is 6.42 Å². The van der Waals surface area contributed by atoms with Crippen molar-refractivity contribution in [1.82, 2.24) is 10.2 Å². The van der Waals surface area contributed by atoms with Gasteiger partial charge in [-0.2, -0.15) is 5.10 Å². The quantitative estimate of drug-likeness (QED) is 0.687. The lowest BCUT2D eigenvalue weighted by Gasteiger charge is -2.17. The fourth-order valence-electron chi connectivity index (χ4n) is 1.15. The molecule has 0 aliphatic carbocycles. The van der Waals surface area contributed by atoms with Crippen molar-refractivity contribution in [1.29, 1.82) is 0 Å². The van der Waals surface area contributed by atoms with E-state index in [1.54, 1.807) is 13.3 Å². The minimum absolute atomic E-state index is 0.180. The Hall–Kier alpha value is -1.36. The summed E-state index contributed by atoms with van der Waals surface area (Å²) in [5, 5.41) is 6.06. The molecule has 5 heteroatoms. The second-order valence-electron chi connectivity index (χ2n) is 3.07. The molecule has 0 radical (unpaired) electrons. The van der Waals surface area contributed by atoms with E-state index in [9.17, 15) is 4.79 Å². The summed E-state index contributed by atoms with van der Waals surface area (Å²) < 4.78 is 4.94. The van der Waals surface area contributed by atoms with Crippen molar-refractivity contribution >= 4 is 5.69 Å². The van der Waals surface area contributed by atoms with E-state index in [0.717, 1.165) is 25.3 Å². The van der Waals surface area contributed by atoms with Gasteiger partial charge in [0.2, 0.25) is 0 Å². The van der Waals surface area contributed by atoms with Gasteiger partial charge in [-0.1, -0.05) is 0 Å². The van der Waals surface area contributed by atoms with E-state index in [4.69, 9.17) is 4.74 Å². The van der Waals surface area contributed by atoms with Crippen molar-refractivity contribution in [3.8, 4) is 0 Å². The van der Waals surface area contributed by atoms with Crippen LogP contribution in [-0.4, -0.2) is 37.5 Å². The van der Waals surface area contributed by atoms with E-state index >= 15 is 0 Å². The maximum Gasteiger partial charge on any atom is 0.266 e. The molecule has 1 N–H and O–H groups in total. The maximum absolute atomic E-state index is 11.0. The van der Waals surface area contributed by atoms with Gasteiger partial charge in [-0.3, -0.25) is 4.79 Å². The lowest BCUT2D eigenvalue weighted by atomic mass is 10.3. The Labute approximate surface area is 82.7 Å². The van der Waals surface area contributed by atoms with Gasteiger partial charge in [-0.25, -0.2) is 5.10 Å². The average molecular weight is 197 g/mol. The molecule has 0 atom stereocenters. The number of nitrogens with one attached hydrogen (secondary N) is 1. The highest BCUT2D eigenvalue weighted by atomic mass is 16.5. The van der Waals surface area contributed by atoms with Crippen LogP contribution >= 0.6 is 0 Å². The zero-order valence-electron chi connectivity index (χ0n) is 8.49. The first-order valence-electron chi connectivity index (χ1n) is 4.49. The van der Waals surface area contributed by atoms with Gasteiger partial charge >= 0.3 is 0 Å². The number of hydrogen-bond donors (Lipinski definition) is 1. The number of anilines is 1. The number of rotatable bonds is 5. The fourth-order valence-corrected chi connectivity index (χ4v) is 1.15. The molecule has 78 valence electrons. The topological polar surface area (TPSA) is 58.2 Å². The summed E-state index contributed by atoms with van der Waals surface area (Å²) in [5.74, 6) is 0. The van der Waals surface area contributed by atoms with Crippen molar-refractivity contribution in [3.05, 3.63) is 22.6 Å². The molecule has 0 fully saturated rings. The van der Waals surface area contributed by atoms with Crippen molar-refractivity contribution in [2.24, 2.45) is 0 Å². The highest BCUT2D eigenvalue weighted by Gasteiger charge is 2.00. The molecule has 1 rings (SSSR count). The molecular weight excluding hydrogens is 182 g/mol. The molecule has 0 aliphatic heterocycles. The Morgan fingerprint density at radius 1 is 1.64 bits per heavy atom. The van der Waals surface area contributed by atoms with Crippen LogP contribution in [0.1, 0.15) is 6.42 Å². The molecule has 5 nitrogen and oxygen atoms in total. The minimum Gasteiger partial charge on any atom is -0.385 e. The van der Waals surface area contributed by atoms with Crippen LogP contribution in [0.2, 0.25) is 0 Å². The van der Waals surface area contributed by atoms with Crippen LogP contribution in [0.3, 0.4) is 0 Å². The van der Waals surface area contributed by atoms with E-state index in [1.807, 2.05) is 11.9 Å². The smallest absolute Gasteiger partial charge is 0.266 e. The SMILES string of the molecule is COCCCN(C)c1cn[nH]c(=O)c1. The largest absolute Gasteiger partial charge is 0.385 e. The predicted octanol–water partition coefficient (Wildman–Crippen LogP) is 0.243.